The van der Waals surface area contributed by atoms with Crippen molar-refractivity contribution in [1.82, 2.24) is 14.9 Å². The van der Waals surface area contributed by atoms with Crippen LogP contribution >= 0.6 is 23.1 Å². The second-order valence-corrected chi connectivity index (χ2v) is 9.45. The van der Waals surface area contributed by atoms with Crippen LogP contribution in [0.5, 0.6) is 0 Å². The molecule has 2 fully saturated rings. The largest absolute Gasteiger partial charge is 0.371 e. The first kappa shape index (κ1) is 16.5. The molecule has 1 atom stereocenters. The van der Waals surface area contributed by atoms with E-state index in [0.717, 1.165) is 41.8 Å². The van der Waals surface area contributed by atoms with Crippen LogP contribution in [0, 0.1) is 13.8 Å². The summed E-state index contributed by atoms with van der Waals surface area (Å²) in [6.45, 7) is 8.03. The molecule has 0 saturated carbocycles. The number of hydrogen-bond donors (Lipinski definition) is 0. The van der Waals surface area contributed by atoms with Crippen LogP contribution in [-0.4, -0.2) is 44.6 Å². The smallest absolute Gasteiger partial charge is 0.0900 e. The van der Waals surface area contributed by atoms with Crippen molar-refractivity contribution < 1.29 is 4.74 Å². The SMILES string of the molecule is Cc1cccc(CN2CC3(CC(OCc4csc(C)n4)CS3)C2)n1. The van der Waals surface area contributed by atoms with Gasteiger partial charge in [-0.2, -0.15) is 0 Å². The lowest BCUT2D eigenvalue weighted by Gasteiger charge is -2.47. The summed E-state index contributed by atoms with van der Waals surface area (Å²) >= 11 is 3.79. The van der Waals surface area contributed by atoms with Crippen LogP contribution in [0.3, 0.4) is 0 Å². The summed E-state index contributed by atoms with van der Waals surface area (Å²) in [5.41, 5.74) is 3.35. The number of rotatable bonds is 5. The normalized spacial score (nSPS) is 22.8. The van der Waals surface area contributed by atoms with Crippen molar-refractivity contribution in [3.63, 3.8) is 0 Å². The van der Waals surface area contributed by atoms with Gasteiger partial charge in [-0.05, 0) is 32.4 Å². The number of thioether (sulfide) groups is 1. The Kier molecular flexibility index (Phi) is 4.64. The topological polar surface area (TPSA) is 38.2 Å². The van der Waals surface area contributed by atoms with E-state index in [1.165, 1.54) is 12.1 Å². The van der Waals surface area contributed by atoms with Gasteiger partial charge in [0.15, 0.2) is 0 Å². The summed E-state index contributed by atoms with van der Waals surface area (Å²) < 4.78 is 6.50. The Balaban J connectivity index is 1.24. The molecule has 4 rings (SSSR count). The van der Waals surface area contributed by atoms with E-state index in [2.05, 4.69) is 57.1 Å². The van der Waals surface area contributed by atoms with E-state index >= 15 is 0 Å². The number of aryl methyl sites for hydroxylation is 2. The van der Waals surface area contributed by atoms with E-state index in [9.17, 15) is 0 Å². The highest BCUT2D eigenvalue weighted by Gasteiger charge is 2.49. The van der Waals surface area contributed by atoms with E-state index < -0.39 is 0 Å². The Morgan fingerprint density at radius 2 is 2.12 bits per heavy atom. The molecule has 6 heteroatoms. The van der Waals surface area contributed by atoms with Gasteiger partial charge < -0.3 is 4.74 Å². The Morgan fingerprint density at radius 3 is 2.88 bits per heavy atom. The molecule has 4 nitrogen and oxygen atoms in total. The zero-order valence-corrected chi connectivity index (χ0v) is 15.8. The highest BCUT2D eigenvalue weighted by atomic mass is 32.2. The summed E-state index contributed by atoms with van der Waals surface area (Å²) in [5.74, 6) is 1.11. The predicted octanol–water partition coefficient (Wildman–Crippen LogP) is 3.43. The number of aromatic nitrogens is 2. The quantitative estimate of drug-likeness (QED) is 0.816. The van der Waals surface area contributed by atoms with Crippen molar-refractivity contribution in [2.45, 2.75) is 44.3 Å². The van der Waals surface area contributed by atoms with Gasteiger partial charge in [0, 0.05) is 41.2 Å². The number of hydrogen-bond acceptors (Lipinski definition) is 6. The van der Waals surface area contributed by atoms with E-state index in [4.69, 9.17) is 4.74 Å². The molecule has 1 unspecified atom stereocenters. The number of pyridine rings is 1. The van der Waals surface area contributed by atoms with Crippen molar-refractivity contribution in [3.05, 3.63) is 45.7 Å². The molecule has 0 aromatic carbocycles. The van der Waals surface area contributed by atoms with Gasteiger partial charge in [-0.25, -0.2) is 4.98 Å². The summed E-state index contributed by atoms with van der Waals surface area (Å²) in [5, 5.41) is 3.22. The fourth-order valence-corrected chi connectivity index (χ4v) is 5.81. The molecule has 2 aliphatic rings. The van der Waals surface area contributed by atoms with Gasteiger partial charge in [0.2, 0.25) is 0 Å². The van der Waals surface area contributed by atoms with E-state index in [-0.39, 0.29) is 0 Å². The van der Waals surface area contributed by atoms with Gasteiger partial charge in [0.05, 0.1) is 29.1 Å². The molecule has 2 aromatic rings. The summed E-state index contributed by atoms with van der Waals surface area (Å²) in [6.07, 6.45) is 1.54. The fourth-order valence-electron chi connectivity index (χ4n) is 3.60. The van der Waals surface area contributed by atoms with Crippen molar-refractivity contribution in [2.75, 3.05) is 18.8 Å². The minimum absolute atomic E-state index is 0.372. The zero-order chi connectivity index (χ0) is 16.6. The molecule has 4 heterocycles. The lowest BCUT2D eigenvalue weighted by atomic mass is 9.93. The molecule has 2 aromatic heterocycles. The average Bonchev–Trinajstić information content (AvgIpc) is 3.11. The minimum Gasteiger partial charge on any atom is -0.371 e. The van der Waals surface area contributed by atoms with Crippen molar-refractivity contribution in [1.29, 1.82) is 0 Å². The minimum atomic E-state index is 0.372. The maximum atomic E-state index is 6.10. The monoisotopic (exact) mass is 361 g/mol. The third kappa shape index (κ3) is 3.67. The average molecular weight is 362 g/mol. The number of thiazole rings is 1. The summed E-state index contributed by atoms with van der Waals surface area (Å²) in [6, 6.07) is 6.28. The summed E-state index contributed by atoms with van der Waals surface area (Å²) in [4.78, 5) is 11.6. The molecule has 0 bridgehead atoms. The van der Waals surface area contributed by atoms with E-state index in [0.29, 0.717) is 17.5 Å². The maximum Gasteiger partial charge on any atom is 0.0900 e. The highest BCUT2D eigenvalue weighted by Crippen LogP contribution is 2.46. The zero-order valence-electron chi connectivity index (χ0n) is 14.2. The van der Waals surface area contributed by atoms with Gasteiger partial charge >= 0.3 is 0 Å². The number of ether oxygens (including phenoxy) is 1. The van der Waals surface area contributed by atoms with Crippen LogP contribution in [-0.2, 0) is 17.9 Å². The van der Waals surface area contributed by atoms with Crippen molar-refractivity contribution in [2.24, 2.45) is 0 Å². The maximum absolute atomic E-state index is 6.10. The molecular weight excluding hydrogens is 338 g/mol. The van der Waals surface area contributed by atoms with Crippen LogP contribution in [0.1, 0.15) is 28.5 Å². The Hall–Kier alpha value is -0.950. The van der Waals surface area contributed by atoms with Crippen LogP contribution in [0.25, 0.3) is 0 Å². The molecule has 1 spiro atoms. The van der Waals surface area contributed by atoms with Crippen LogP contribution in [0.2, 0.25) is 0 Å². The standard InChI is InChI=1S/C18H23N3OS2/c1-13-4-3-5-15(19-13)7-21-11-18(12-21)6-17(10-24-18)22-8-16-9-23-14(2)20-16/h3-5,9,17H,6-8,10-12H2,1-2H3. The van der Waals surface area contributed by atoms with E-state index in [1.807, 2.05) is 6.92 Å². The molecule has 128 valence electrons. The molecule has 0 aliphatic carbocycles. The number of likely N-dealkylation sites (tertiary alicyclic amines) is 1. The van der Waals surface area contributed by atoms with Crippen molar-refractivity contribution >= 4 is 23.1 Å². The van der Waals surface area contributed by atoms with Crippen molar-refractivity contribution in [3.8, 4) is 0 Å². The van der Waals surface area contributed by atoms with Crippen LogP contribution < -0.4 is 0 Å². The molecule has 24 heavy (non-hydrogen) atoms. The second-order valence-electron chi connectivity index (χ2n) is 6.90. The molecule has 0 radical (unpaired) electrons. The molecule has 2 aliphatic heterocycles. The predicted molar refractivity (Wildman–Crippen MR) is 99.5 cm³/mol. The second kappa shape index (κ2) is 6.75. The van der Waals surface area contributed by atoms with Gasteiger partial charge in [-0.1, -0.05) is 6.07 Å². The summed E-state index contributed by atoms with van der Waals surface area (Å²) in [7, 11) is 0. The molecule has 0 amide bonds. The highest BCUT2D eigenvalue weighted by molar-refractivity contribution is 8.01. The van der Waals surface area contributed by atoms with E-state index in [1.54, 1.807) is 11.3 Å². The first-order valence-electron chi connectivity index (χ1n) is 8.42. The first-order valence-corrected chi connectivity index (χ1v) is 10.3. The lowest BCUT2D eigenvalue weighted by molar-refractivity contribution is 0.0250. The first-order chi connectivity index (χ1) is 11.6. The van der Waals surface area contributed by atoms with Gasteiger partial charge in [0.1, 0.15) is 0 Å². The Morgan fingerprint density at radius 1 is 1.25 bits per heavy atom. The third-order valence-electron chi connectivity index (χ3n) is 4.66. The molecular formula is C18H23N3OS2. The van der Waals surface area contributed by atoms with Gasteiger partial charge in [-0.3, -0.25) is 9.88 Å². The third-order valence-corrected chi connectivity index (χ3v) is 7.06. The molecule has 0 N–H and O–H groups in total. The Bertz CT molecular complexity index is 712. The fraction of sp³-hybridized carbons (Fsp3) is 0.556. The lowest BCUT2D eigenvalue weighted by Crippen LogP contribution is -2.58. The van der Waals surface area contributed by atoms with Gasteiger partial charge in [0.25, 0.3) is 0 Å². The molecule has 2 saturated heterocycles. The van der Waals surface area contributed by atoms with Gasteiger partial charge in [-0.15, -0.1) is 23.1 Å². The van der Waals surface area contributed by atoms with Crippen LogP contribution in [0.15, 0.2) is 23.6 Å². The Labute approximate surface area is 151 Å². The number of nitrogens with zero attached hydrogens (tertiary/aromatic N) is 3. The van der Waals surface area contributed by atoms with Crippen LogP contribution in [0.4, 0.5) is 0 Å².